The summed E-state index contributed by atoms with van der Waals surface area (Å²) in [6, 6.07) is 3.78. The second-order valence-corrected chi connectivity index (χ2v) is 3.36. The van der Waals surface area contributed by atoms with E-state index in [0.29, 0.717) is 5.02 Å². The second-order valence-electron chi connectivity index (χ2n) is 2.96. The molecule has 1 aliphatic heterocycles. The zero-order valence-electron chi connectivity index (χ0n) is 6.76. The normalized spacial score (nSPS) is 16.9. The Morgan fingerprint density at radius 3 is 2.67 bits per heavy atom. The van der Waals surface area contributed by atoms with Gasteiger partial charge in [0.05, 0.1) is 5.02 Å². The molecule has 0 aliphatic carbocycles. The van der Waals surface area contributed by atoms with E-state index in [4.69, 9.17) is 11.6 Å². The minimum absolute atomic E-state index is 0.581. The summed E-state index contributed by atoms with van der Waals surface area (Å²) in [7, 11) is 0. The first-order chi connectivity index (χ1) is 5.86. The van der Waals surface area contributed by atoms with Crippen molar-refractivity contribution >= 4 is 17.4 Å². The van der Waals surface area contributed by atoms with Crippen molar-refractivity contribution in [1.82, 2.24) is 4.98 Å². The van der Waals surface area contributed by atoms with E-state index < -0.39 is 0 Å². The number of hydrogen-bond acceptors (Lipinski definition) is 2. The van der Waals surface area contributed by atoms with Gasteiger partial charge in [-0.25, -0.2) is 4.98 Å². The molecule has 2 heterocycles. The lowest BCUT2D eigenvalue weighted by atomic mass is 10.4. The van der Waals surface area contributed by atoms with Crippen LogP contribution >= 0.6 is 11.6 Å². The van der Waals surface area contributed by atoms with Crippen molar-refractivity contribution in [2.24, 2.45) is 0 Å². The highest BCUT2D eigenvalue weighted by Crippen LogP contribution is 2.18. The summed E-state index contributed by atoms with van der Waals surface area (Å²) in [5.41, 5.74) is 0. The molecule has 1 fully saturated rings. The molecule has 1 aliphatic rings. The molecule has 0 spiro atoms. The van der Waals surface area contributed by atoms with Crippen LogP contribution in [0.2, 0.25) is 5.02 Å². The Kier molecular flexibility index (Phi) is 2.17. The number of aromatic nitrogens is 1. The highest BCUT2D eigenvalue weighted by atomic mass is 35.5. The van der Waals surface area contributed by atoms with Gasteiger partial charge in [0.1, 0.15) is 12.0 Å². The Balaban J connectivity index is 2.17. The van der Waals surface area contributed by atoms with E-state index in [1.807, 2.05) is 12.1 Å². The van der Waals surface area contributed by atoms with Crippen molar-refractivity contribution in [2.75, 3.05) is 18.0 Å². The summed E-state index contributed by atoms with van der Waals surface area (Å²) < 4.78 is 0. The number of pyridine rings is 1. The standard InChI is InChI=1S/C9H10ClN2/c10-8-3-4-9(11-7-8)12-5-1-2-6-12/h3-4H,1-2,5-6H2. The number of anilines is 1. The zero-order chi connectivity index (χ0) is 8.39. The number of halogens is 1. The molecule has 0 unspecified atom stereocenters. The average molecular weight is 182 g/mol. The van der Waals surface area contributed by atoms with Crippen LogP contribution in [0.1, 0.15) is 12.8 Å². The fourth-order valence-electron chi connectivity index (χ4n) is 1.46. The first-order valence-electron chi connectivity index (χ1n) is 4.15. The molecule has 1 aromatic rings. The molecule has 0 N–H and O–H groups in total. The summed E-state index contributed by atoms with van der Waals surface area (Å²) in [6.07, 6.45) is 5.29. The quantitative estimate of drug-likeness (QED) is 0.660. The summed E-state index contributed by atoms with van der Waals surface area (Å²) in [4.78, 5) is 6.39. The molecule has 12 heavy (non-hydrogen) atoms. The number of hydrogen-bond donors (Lipinski definition) is 0. The Hall–Kier alpha value is -0.760. The predicted octanol–water partition coefficient (Wildman–Crippen LogP) is 2.14. The van der Waals surface area contributed by atoms with Gasteiger partial charge in [0.15, 0.2) is 0 Å². The van der Waals surface area contributed by atoms with Gasteiger partial charge in [-0.05, 0) is 25.0 Å². The van der Waals surface area contributed by atoms with E-state index in [0.717, 1.165) is 18.9 Å². The van der Waals surface area contributed by atoms with Gasteiger partial charge in [0, 0.05) is 13.1 Å². The monoisotopic (exact) mass is 181 g/mol. The van der Waals surface area contributed by atoms with Gasteiger partial charge >= 0.3 is 0 Å². The third-order valence-electron chi connectivity index (χ3n) is 2.09. The molecule has 0 atom stereocenters. The number of nitrogens with zero attached hydrogens (tertiary/aromatic N) is 2. The highest BCUT2D eigenvalue weighted by Gasteiger charge is 2.12. The SMILES string of the molecule is Clc1[c]nc(N2CCCC2)cc1. The van der Waals surface area contributed by atoms with Crippen LogP contribution in [0.4, 0.5) is 5.82 Å². The maximum atomic E-state index is 5.68. The van der Waals surface area contributed by atoms with E-state index in [2.05, 4.69) is 16.1 Å². The van der Waals surface area contributed by atoms with Crippen LogP contribution < -0.4 is 4.90 Å². The molecule has 3 heteroatoms. The van der Waals surface area contributed by atoms with Gasteiger partial charge in [0.25, 0.3) is 0 Å². The van der Waals surface area contributed by atoms with Crippen LogP contribution in [0.3, 0.4) is 0 Å². The van der Waals surface area contributed by atoms with Crippen molar-refractivity contribution in [3.05, 3.63) is 23.4 Å². The lowest BCUT2D eigenvalue weighted by Gasteiger charge is -2.15. The van der Waals surface area contributed by atoms with Crippen LogP contribution in [-0.4, -0.2) is 18.1 Å². The molecular weight excluding hydrogens is 172 g/mol. The van der Waals surface area contributed by atoms with Gasteiger partial charge in [-0.2, -0.15) is 0 Å². The fraction of sp³-hybridized carbons (Fsp3) is 0.444. The van der Waals surface area contributed by atoms with Crippen molar-refractivity contribution in [3.8, 4) is 0 Å². The van der Waals surface area contributed by atoms with Gasteiger partial charge in [-0.1, -0.05) is 11.6 Å². The summed E-state index contributed by atoms with van der Waals surface area (Å²) >= 11 is 5.68. The molecule has 0 bridgehead atoms. The van der Waals surface area contributed by atoms with E-state index >= 15 is 0 Å². The first-order valence-corrected chi connectivity index (χ1v) is 4.53. The van der Waals surface area contributed by atoms with Gasteiger partial charge in [-0.15, -0.1) is 0 Å². The third kappa shape index (κ3) is 1.53. The molecule has 1 saturated heterocycles. The Morgan fingerprint density at radius 1 is 1.33 bits per heavy atom. The molecule has 2 nitrogen and oxygen atoms in total. The lowest BCUT2D eigenvalue weighted by molar-refractivity contribution is 0.936. The minimum Gasteiger partial charge on any atom is -0.357 e. The molecule has 0 amide bonds. The smallest absolute Gasteiger partial charge is 0.129 e. The minimum atomic E-state index is 0.581. The second kappa shape index (κ2) is 3.31. The van der Waals surface area contributed by atoms with Gasteiger partial charge in [0.2, 0.25) is 0 Å². The molecule has 1 radical (unpaired) electrons. The number of rotatable bonds is 1. The largest absolute Gasteiger partial charge is 0.357 e. The molecule has 1 aromatic heterocycles. The van der Waals surface area contributed by atoms with Crippen molar-refractivity contribution in [3.63, 3.8) is 0 Å². The van der Waals surface area contributed by atoms with Gasteiger partial charge in [-0.3, -0.25) is 0 Å². The maximum Gasteiger partial charge on any atom is 0.129 e. The topological polar surface area (TPSA) is 16.1 Å². The Labute approximate surface area is 77.2 Å². The molecule has 0 saturated carbocycles. The maximum absolute atomic E-state index is 5.68. The third-order valence-corrected chi connectivity index (χ3v) is 2.30. The summed E-state index contributed by atoms with van der Waals surface area (Å²) in [6.45, 7) is 2.23. The molecule has 0 aromatic carbocycles. The molecular formula is C9H10ClN2. The lowest BCUT2D eigenvalue weighted by Crippen LogP contribution is -2.18. The van der Waals surface area contributed by atoms with Crippen molar-refractivity contribution in [1.29, 1.82) is 0 Å². The Morgan fingerprint density at radius 2 is 2.08 bits per heavy atom. The van der Waals surface area contributed by atoms with Gasteiger partial charge < -0.3 is 4.90 Å². The molecule has 63 valence electrons. The zero-order valence-corrected chi connectivity index (χ0v) is 7.51. The predicted molar refractivity (Wildman–Crippen MR) is 49.5 cm³/mol. The fourth-order valence-corrected chi connectivity index (χ4v) is 1.56. The van der Waals surface area contributed by atoms with Crippen LogP contribution in [0.5, 0.6) is 0 Å². The van der Waals surface area contributed by atoms with Crippen LogP contribution in [0.15, 0.2) is 12.1 Å². The first kappa shape index (κ1) is 7.87. The van der Waals surface area contributed by atoms with E-state index in [1.165, 1.54) is 12.8 Å². The molecule has 2 rings (SSSR count). The van der Waals surface area contributed by atoms with E-state index in [1.54, 1.807) is 0 Å². The van der Waals surface area contributed by atoms with Crippen LogP contribution in [0, 0.1) is 6.20 Å². The summed E-state index contributed by atoms with van der Waals surface area (Å²) in [5.74, 6) is 0.997. The highest BCUT2D eigenvalue weighted by molar-refractivity contribution is 6.30. The van der Waals surface area contributed by atoms with E-state index in [9.17, 15) is 0 Å². The summed E-state index contributed by atoms with van der Waals surface area (Å²) in [5, 5.41) is 0.581. The Bertz CT molecular complexity index is 252. The van der Waals surface area contributed by atoms with Crippen LogP contribution in [0.25, 0.3) is 0 Å². The van der Waals surface area contributed by atoms with E-state index in [-0.39, 0.29) is 0 Å². The van der Waals surface area contributed by atoms with Crippen molar-refractivity contribution < 1.29 is 0 Å². The van der Waals surface area contributed by atoms with Crippen LogP contribution in [-0.2, 0) is 0 Å². The van der Waals surface area contributed by atoms with Crippen molar-refractivity contribution in [2.45, 2.75) is 12.8 Å². The average Bonchev–Trinajstić information content (AvgIpc) is 2.58.